The molecule has 2 saturated heterocycles. The zero-order chi connectivity index (χ0) is 12.3. The standard InChI is InChI=1S/C11H22N2O3S/c14-9-10-3-1-2-8-13(10)17(15,16)11-4-6-12-7-5-11/h10-12,14H,1-9H2. The van der Waals surface area contributed by atoms with Gasteiger partial charge in [-0.2, -0.15) is 4.31 Å². The highest BCUT2D eigenvalue weighted by molar-refractivity contribution is 7.89. The number of aliphatic hydroxyl groups excluding tert-OH is 1. The monoisotopic (exact) mass is 262 g/mol. The molecule has 2 heterocycles. The topological polar surface area (TPSA) is 69.6 Å². The smallest absolute Gasteiger partial charge is 0.217 e. The Morgan fingerprint density at radius 1 is 1.18 bits per heavy atom. The van der Waals surface area contributed by atoms with Crippen LogP contribution >= 0.6 is 0 Å². The summed E-state index contributed by atoms with van der Waals surface area (Å²) < 4.78 is 26.6. The first-order chi connectivity index (χ1) is 8.16. The number of piperidine rings is 2. The Labute approximate surface area is 103 Å². The molecule has 1 unspecified atom stereocenters. The van der Waals surface area contributed by atoms with Crippen molar-refractivity contribution >= 4 is 10.0 Å². The molecule has 2 rings (SSSR count). The molecule has 17 heavy (non-hydrogen) atoms. The third-order valence-corrected chi connectivity index (χ3v) is 6.27. The van der Waals surface area contributed by atoms with Crippen molar-refractivity contribution < 1.29 is 13.5 Å². The van der Waals surface area contributed by atoms with Gasteiger partial charge in [-0.05, 0) is 38.8 Å². The Balaban J connectivity index is 2.11. The molecule has 0 aromatic carbocycles. The number of hydrogen-bond donors (Lipinski definition) is 2. The van der Waals surface area contributed by atoms with Crippen LogP contribution in [0.2, 0.25) is 0 Å². The van der Waals surface area contributed by atoms with Gasteiger partial charge in [0.05, 0.1) is 11.9 Å². The molecule has 2 N–H and O–H groups in total. The molecule has 1 atom stereocenters. The Bertz CT molecular complexity index is 339. The van der Waals surface area contributed by atoms with E-state index in [1.165, 1.54) is 0 Å². The molecule has 0 aromatic rings. The Kier molecular flexibility index (Phi) is 4.41. The average Bonchev–Trinajstić information content (AvgIpc) is 2.39. The molecule has 2 fully saturated rings. The Morgan fingerprint density at radius 3 is 2.53 bits per heavy atom. The van der Waals surface area contributed by atoms with E-state index in [0.717, 1.165) is 32.4 Å². The predicted octanol–water partition coefficient (Wildman–Crippen LogP) is -0.0850. The molecule has 5 nitrogen and oxygen atoms in total. The molecule has 0 saturated carbocycles. The summed E-state index contributed by atoms with van der Waals surface area (Å²) in [4.78, 5) is 0. The van der Waals surface area contributed by atoms with E-state index in [4.69, 9.17) is 0 Å². The van der Waals surface area contributed by atoms with Crippen molar-refractivity contribution in [1.82, 2.24) is 9.62 Å². The van der Waals surface area contributed by atoms with Crippen molar-refractivity contribution in [2.45, 2.75) is 43.4 Å². The van der Waals surface area contributed by atoms with E-state index in [-0.39, 0.29) is 17.9 Å². The van der Waals surface area contributed by atoms with E-state index in [1.54, 1.807) is 4.31 Å². The summed E-state index contributed by atoms with van der Waals surface area (Å²) >= 11 is 0. The molecule has 100 valence electrons. The van der Waals surface area contributed by atoms with E-state index < -0.39 is 10.0 Å². The summed E-state index contributed by atoms with van der Waals surface area (Å²) in [5.74, 6) is 0. The lowest BCUT2D eigenvalue weighted by atomic mass is 10.1. The highest BCUT2D eigenvalue weighted by atomic mass is 32.2. The van der Waals surface area contributed by atoms with Gasteiger partial charge >= 0.3 is 0 Å². The number of nitrogens with one attached hydrogen (secondary N) is 1. The van der Waals surface area contributed by atoms with Gasteiger partial charge in [-0.25, -0.2) is 8.42 Å². The van der Waals surface area contributed by atoms with Crippen LogP contribution in [0.25, 0.3) is 0 Å². The molecule has 0 aromatic heterocycles. The van der Waals surface area contributed by atoms with Crippen molar-refractivity contribution in [3.8, 4) is 0 Å². The molecule has 6 heteroatoms. The van der Waals surface area contributed by atoms with Gasteiger partial charge in [-0.3, -0.25) is 0 Å². The van der Waals surface area contributed by atoms with Crippen molar-refractivity contribution in [3.05, 3.63) is 0 Å². The Hall–Kier alpha value is -0.170. The van der Waals surface area contributed by atoms with Gasteiger partial charge in [0, 0.05) is 12.6 Å². The maximum absolute atomic E-state index is 12.5. The van der Waals surface area contributed by atoms with E-state index in [2.05, 4.69) is 5.32 Å². The lowest BCUT2D eigenvalue weighted by molar-refractivity contribution is 0.153. The fourth-order valence-electron chi connectivity index (χ4n) is 2.78. The molecule has 0 amide bonds. The van der Waals surface area contributed by atoms with Crippen LogP contribution in [0, 0.1) is 0 Å². The van der Waals surface area contributed by atoms with Crippen LogP contribution < -0.4 is 5.32 Å². The second kappa shape index (κ2) is 5.65. The SMILES string of the molecule is O=S(=O)(C1CCNCC1)N1CCCCC1CO. The fourth-order valence-corrected chi connectivity index (χ4v) is 4.96. The van der Waals surface area contributed by atoms with Crippen LogP contribution in [0.1, 0.15) is 32.1 Å². The predicted molar refractivity (Wildman–Crippen MR) is 66.2 cm³/mol. The van der Waals surface area contributed by atoms with E-state index >= 15 is 0 Å². The van der Waals surface area contributed by atoms with Crippen molar-refractivity contribution in [3.63, 3.8) is 0 Å². The summed E-state index contributed by atoms with van der Waals surface area (Å²) in [6, 6.07) is -0.191. The van der Waals surface area contributed by atoms with Gasteiger partial charge in [-0.15, -0.1) is 0 Å². The number of sulfonamides is 1. The maximum Gasteiger partial charge on any atom is 0.217 e. The fraction of sp³-hybridized carbons (Fsp3) is 1.00. The first-order valence-corrected chi connectivity index (χ1v) is 7.99. The van der Waals surface area contributed by atoms with Crippen LogP contribution in [0.4, 0.5) is 0 Å². The summed E-state index contributed by atoms with van der Waals surface area (Å²) in [6.07, 6.45) is 4.11. The van der Waals surface area contributed by atoms with Crippen molar-refractivity contribution in [2.75, 3.05) is 26.2 Å². The summed E-state index contributed by atoms with van der Waals surface area (Å²) in [5.41, 5.74) is 0. The lowest BCUT2D eigenvalue weighted by Gasteiger charge is -2.37. The summed E-state index contributed by atoms with van der Waals surface area (Å²) in [7, 11) is -3.21. The minimum absolute atomic E-state index is 0.0514. The largest absolute Gasteiger partial charge is 0.395 e. The third kappa shape index (κ3) is 2.81. The third-order valence-electron chi connectivity index (χ3n) is 3.82. The van der Waals surface area contributed by atoms with Crippen LogP contribution in [0.15, 0.2) is 0 Å². The first-order valence-electron chi connectivity index (χ1n) is 6.48. The minimum Gasteiger partial charge on any atom is -0.395 e. The maximum atomic E-state index is 12.5. The molecule has 2 aliphatic rings. The van der Waals surface area contributed by atoms with Gasteiger partial charge in [-0.1, -0.05) is 6.42 Å². The minimum atomic E-state index is -3.21. The number of rotatable bonds is 3. The zero-order valence-electron chi connectivity index (χ0n) is 10.1. The zero-order valence-corrected chi connectivity index (χ0v) is 11.0. The number of nitrogens with zero attached hydrogens (tertiary/aromatic N) is 1. The highest BCUT2D eigenvalue weighted by Crippen LogP contribution is 2.25. The summed E-state index contributed by atoms with van der Waals surface area (Å²) in [6.45, 7) is 2.09. The van der Waals surface area contributed by atoms with E-state index in [9.17, 15) is 13.5 Å². The van der Waals surface area contributed by atoms with Crippen LogP contribution in [0.3, 0.4) is 0 Å². The van der Waals surface area contributed by atoms with Gasteiger partial charge in [0.15, 0.2) is 0 Å². The molecular formula is C11H22N2O3S. The molecule has 0 bridgehead atoms. The van der Waals surface area contributed by atoms with E-state index in [0.29, 0.717) is 19.4 Å². The first kappa shape index (κ1) is 13.3. The highest BCUT2D eigenvalue weighted by Gasteiger charge is 2.37. The molecule has 2 aliphatic heterocycles. The quantitative estimate of drug-likeness (QED) is 0.746. The molecule has 0 spiro atoms. The average molecular weight is 262 g/mol. The number of aliphatic hydroxyl groups is 1. The van der Waals surface area contributed by atoms with Crippen LogP contribution in [-0.4, -0.2) is 55.4 Å². The van der Waals surface area contributed by atoms with Gasteiger partial charge < -0.3 is 10.4 Å². The molecular weight excluding hydrogens is 240 g/mol. The Morgan fingerprint density at radius 2 is 1.88 bits per heavy atom. The van der Waals surface area contributed by atoms with Gasteiger partial charge in [0.1, 0.15) is 0 Å². The van der Waals surface area contributed by atoms with Crippen LogP contribution in [-0.2, 0) is 10.0 Å². The van der Waals surface area contributed by atoms with Crippen molar-refractivity contribution in [1.29, 1.82) is 0 Å². The van der Waals surface area contributed by atoms with Crippen LogP contribution in [0.5, 0.6) is 0 Å². The molecule has 0 radical (unpaired) electrons. The van der Waals surface area contributed by atoms with Crippen molar-refractivity contribution in [2.24, 2.45) is 0 Å². The molecule has 0 aliphatic carbocycles. The normalized spacial score (nSPS) is 29.4. The lowest BCUT2D eigenvalue weighted by Crippen LogP contribution is -2.51. The second-order valence-electron chi connectivity index (χ2n) is 4.94. The summed E-state index contributed by atoms with van der Waals surface area (Å²) in [5, 5.41) is 12.2. The second-order valence-corrected chi connectivity index (χ2v) is 7.10. The van der Waals surface area contributed by atoms with Gasteiger partial charge in [0.25, 0.3) is 0 Å². The van der Waals surface area contributed by atoms with Gasteiger partial charge in [0.2, 0.25) is 10.0 Å². The van der Waals surface area contributed by atoms with E-state index in [1.807, 2.05) is 0 Å². The number of hydrogen-bond acceptors (Lipinski definition) is 4.